The third-order valence-electron chi connectivity index (χ3n) is 5.05. The van der Waals surface area contributed by atoms with E-state index in [2.05, 4.69) is 13.0 Å². The first-order chi connectivity index (χ1) is 14.3. The van der Waals surface area contributed by atoms with E-state index in [4.69, 9.17) is 24.0 Å². The molecule has 3 aromatic rings. The van der Waals surface area contributed by atoms with Gasteiger partial charge in [0.25, 0.3) is 0 Å². The molecule has 2 unspecified atom stereocenters. The molecule has 2 saturated heterocycles. The molecular weight excluding hydrogens is 368 g/mol. The zero-order valence-corrected chi connectivity index (χ0v) is 16.4. The summed E-state index contributed by atoms with van der Waals surface area (Å²) < 4.78 is 23.8. The van der Waals surface area contributed by atoms with Crippen LogP contribution in [0.4, 0.5) is 0 Å². The molecule has 2 aromatic carbocycles. The van der Waals surface area contributed by atoms with Gasteiger partial charge in [0.05, 0.1) is 24.6 Å². The van der Waals surface area contributed by atoms with Crippen LogP contribution in [0, 0.1) is 0 Å². The van der Waals surface area contributed by atoms with Crippen molar-refractivity contribution in [1.29, 1.82) is 0 Å². The number of ether oxygens (including phenoxy) is 4. The van der Waals surface area contributed by atoms with Gasteiger partial charge in [-0.3, -0.25) is 0 Å². The summed E-state index contributed by atoms with van der Waals surface area (Å²) in [5.74, 6) is 1.70. The van der Waals surface area contributed by atoms with Crippen molar-refractivity contribution in [2.45, 2.75) is 25.6 Å². The van der Waals surface area contributed by atoms with E-state index in [9.17, 15) is 0 Å². The molecule has 6 nitrogen and oxygen atoms in total. The zero-order chi connectivity index (χ0) is 19.6. The molecule has 150 valence electrons. The van der Waals surface area contributed by atoms with Crippen molar-refractivity contribution < 1.29 is 18.9 Å². The van der Waals surface area contributed by atoms with E-state index < -0.39 is 0 Å². The number of hydrogen-bond acceptors (Lipinski definition) is 5. The number of aromatic nitrogens is 2. The molecule has 2 fully saturated rings. The lowest BCUT2D eigenvalue weighted by Gasteiger charge is -2.08. The molecule has 0 N–H and O–H groups in total. The van der Waals surface area contributed by atoms with Gasteiger partial charge in [0.1, 0.15) is 36.9 Å². The highest BCUT2D eigenvalue weighted by atomic mass is 16.6. The second kappa shape index (κ2) is 7.89. The maximum atomic E-state index is 5.73. The minimum Gasteiger partial charge on any atom is -0.491 e. The van der Waals surface area contributed by atoms with E-state index in [-0.39, 0.29) is 12.2 Å². The highest BCUT2D eigenvalue weighted by Crippen LogP contribution is 2.26. The zero-order valence-electron chi connectivity index (χ0n) is 16.4. The topological polar surface area (TPSA) is 61.3 Å². The summed E-state index contributed by atoms with van der Waals surface area (Å²) in [5.41, 5.74) is 4.20. The molecule has 0 saturated carbocycles. The quantitative estimate of drug-likeness (QED) is 0.520. The van der Waals surface area contributed by atoms with Crippen LogP contribution in [0.25, 0.3) is 16.9 Å². The van der Waals surface area contributed by atoms with Crippen LogP contribution in [0.1, 0.15) is 12.6 Å². The first-order valence-electron chi connectivity index (χ1n) is 10.1. The Labute approximate surface area is 170 Å². The minimum absolute atomic E-state index is 0.258. The largest absolute Gasteiger partial charge is 0.491 e. The first kappa shape index (κ1) is 18.2. The fourth-order valence-electron chi connectivity index (χ4n) is 3.15. The van der Waals surface area contributed by atoms with Gasteiger partial charge in [-0.25, -0.2) is 4.68 Å². The van der Waals surface area contributed by atoms with Gasteiger partial charge >= 0.3 is 0 Å². The third kappa shape index (κ3) is 4.44. The molecule has 29 heavy (non-hydrogen) atoms. The Bertz CT molecular complexity index is 958. The Morgan fingerprint density at radius 1 is 0.897 bits per heavy atom. The SMILES string of the molecule is CCc1cc(-c2ccc(OCC3CO3)cc2)nn1-c1ccc(OCC2CO2)cc1. The van der Waals surface area contributed by atoms with Gasteiger partial charge in [-0.05, 0) is 61.0 Å². The molecule has 2 atom stereocenters. The van der Waals surface area contributed by atoms with Gasteiger partial charge in [0.2, 0.25) is 0 Å². The Balaban J connectivity index is 1.31. The average Bonchev–Trinajstić information content (AvgIpc) is 3.70. The summed E-state index contributed by atoms with van der Waals surface area (Å²) in [6, 6.07) is 18.2. The highest BCUT2D eigenvalue weighted by Gasteiger charge is 2.23. The number of hydrogen-bond donors (Lipinski definition) is 0. The molecule has 0 amide bonds. The summed E-state index contributed by atoms with van der Waals surface area (Å²) >= 11 is 0. The summed E-state index contributed by atoms with van der Waals surface area (Å²) in [6.07, 6.45) is 1.41. The molecule has 2 aliphatic rings. The van der Waals surface area contributed by atoms with Crippen molar-refractivity contribution in [3.63, 3.8) is 0 Å². The number of nitrogens with zero attached hydrogens (tertiary/aromatic N) is 2. The van der Waals surface area contributed by atoms with Gasteiger partial charge < -0.3 is 18.9 Å². The van der Waals surface area contributed by atoms with Crippen LogP contribution in [-0.4, -0.2) is 48.4 Å². The summed E-state index contributed by atoms with van der Waals surface area (Å²) in [4.78, 5) is 0. The number of benzene rings is 2. The second-order valence-electron chi connectivity index (χ2n) is 7.34. The van der Waals surface area contributed by atoms with E-state index in [0.29, 0.717) is 13.2 Å². The van der Waals surface area contributed by atoms with Crippen LogP contribution in [-0.2, 0) is 15.9 Å². The van der Waals surface area contributed by atoms with Gasteiger partial charge in [-0.15, -0.1) is 0 Å². The molecular formula is C23H24N2O4. The van der Waals surface area contributed by atoms with E-state index in [0.717, 1.165) is 53.8 Å². The van der Waals surface area contributed by atoms with E-state index in [1.807, 2.05) is 53.2 Å². The lowest BCUT2D eigenvalue weighted by molar-refractivity contribution is 0.263. The molecule has 3 heterocycles. The fraction of sp³-hybridized carbons (Fsp3) is 0.348. The minimum atomic E-state index is 0.258. The van der Waals surface area contributed by atoms with Gasteiger partial charge in [0, 0.05) is 11.3 Å². The van der Waals surface area contributed by atoms with Crippen LogP contribution in [0.15, 0.2) is 54.6 Å². The van der Waals surface area contributed by atoms with Crippen LogP contribution >= 0.6 is 0 Å². The molecule has 1 aromatic heterocycles. The second-order valence-corrected chi connectivity index (χ2v) is 7.34. The Morgan fingerprint density at radius 3 is 1.97 bits per heavy atom. The van der Waals surface area contributed by atoms with Crippen molar-refractivity contribution in [2.24, 2.45) is 0 Å². The standard InChI is InChI=1S/C23H24N2O4/c1-2-17-11-23(16-3-7-19(8-4-16)26-12-21-14-28-21)24-25(17)18-5-9-20(10-6-18)27-13-22-15-29-22/h3-11,21-22H,2,12-15H2,1H3. The molecule has 0 spiro atoms. The van der Waals surface area contributed by atoms with Crippen LogP contribution in [0.5, 0.6) is 11.5 Å². The number of aryl methyl sites for hydroxylation is 1. The summed E-state index contributed by atoms with van der Waals surface area (Å²) in [5, 5.41) is 4.84. The Morgan fingerprint density at radius 2 is 1.45 bits per heavy atom. The van der Waals surface area contributed by atoms with E-state index in [1.165, 1.54) is 0 Å². The molecule has 0 bridgehead atoms. The predicted octanol–water partition coefficient (Wildman–Crippen LogP) is 3.66. The lowest BCUT2D eigenvalue weighted by atomic mass is 10.1. The third-order valence-corrected chi connectivity index (χ3v) is 5.05. The van der Waals surface area contributed by atoms with E-state index >= 15 is 0 Å². The van der Waals surface area contributed by atoms with Crippen molar-refractivity contribution in [3.05, 3.63) is 60.3 Å². The lowest BCUT2D eigenvalue weighted by Crippen LogP contribution is -2.05. The predicted molar refractivity (Wildman–Crippen MR) is 109 cm³/mol. The molecule has 5 rings (SSSR count). The van der Waals surface area contributed by atoms with Crippen LogP contribution < -0.4 is 9.47 Å². The molecule has 6 heteroatoms. The van der Waals surface area contributed by atoms with Gasteiger partial charge in [-0.2, -0.15) is 5.10 Å². The average molecular weight is 392 g/mol. The normalized spacial score (nSPS) is 19.8. The fourth-order valence-corrected chi connectivity index (χ4v) is 3.15. The van der Waals surface area contributed by atoms with Crippen molar-refractivity contribution in [3.8, 4) is 28.4 Å². The maximum absolute atomic E-state index is 5.73. The van der Waals surface area contributed by atoms with E-state index in [1.54, 1.807) is 0 Å². The van der Waals surface area contributed by atoms with Crippen LogP contribution in [0.3, 0.4) is 0 Å². The monoisotopic (exact) mass is 392 g/mol. The Hall–Kier alpha value is -2.83. The number of epoxide rings is 2. The molecule has 0 aliphatic carbocycles. The first-order valence-corrected chi connectivity index (χ1v) is 10.1. The van der Waals surface area contributed by atoms with Crippen molar-refractivity contribution in [2.75, 3.05) is 26.4 Å². The van der Waals surface area contributed by atoms with Crippen LogP contribution in [0.2, 0.25) is 0 Å². The summed E-state index contributed by atoms with van der Waals surface area (Å²) in [7, 11) is 0. The molecule has 0 radical (unpaired) electrons. The summed E-state index contributed by atoms with van der Waals surface area (Å²) in [6.45, 7) is 4.97. The van der Waals surface area contributed by atoms with Crippen molar-refractivity contribution >= 4 is 0 Å². The van der Waals surface area contributed by atoms with Crippen molar-refractivity contribution in [1.82, 2.24) is 9.78 Å². The van der Waals surface area contributed by atoms with Gasteiger partial charge in [-0.1, -0.05) is 6.92 Å². The maximum Gasteiger partial charge on any atom is 0.119 e. The molecule has 2 aliphatic heterocycles. The smallest absolute Gasteiger partial charge is 0.119 e. The van der Waals surface area contributed by atoms with Gasteiger partial charge in [0.15, 0.2) is 0 Å². The number of rotatable bonds is 9. The highest BCUT2D eigenvalue weighted by molar-refractivity contribution is 5.61. The Kier molecular flexibility index (Phi) is 4.96.